The van der Waals surface area contributed by atoms with Crippen LogP contribution in [0.5, 0.6) is 0 Å². The fourth-order valence-corrected chi connectivity index (χ4v) is 1.39. The molecule has 4 nitrogen and oxygen atoms in total. The maximum Gasteiger partial charge on any atom is 0.108 e. The molecule has 0 atom stereocenters. The zero-order valence-corrected chi connectivity index (χ0v) is 8.72. The van der Waals surface area contributed by atoms with Gasteiger partial charge in [0.05, 0.1) is 19.3 Å². The van der Waals surface area contributed by atoms with E-state index in [0.29, 0.717) is 17.3 Å². The van der Waals surface area contributed by atoms with Gasteiger partial charge in [0.2, 0.25) is 0 Å². The summed E-state index contributed by atoms with van der Waals surface area (Å²) >= 11 is 5.77. The van der Waals surface area contributed by atoms with Crippen LogP contribution in [0.4, 0.5) is 0 Å². The maximum absolute atomic E-state index is 8.82. The van der Waals surface area contributed by atoms with Crippen molar-refractivity contribution in [1.29, 1.82) is 0 Å². The van der Waals surface area contributed by atoms with Crippen LogP contribution in [0.15, 0.2) is 30.5 Å². The summed E-state index contributed by atoms with van der Waals surface area (Å²) in [5, 5.41) is 17.2. The van der Waals surface area contributed by atoms with Crippen LogP contribution in [0.3, 0.4) is 0 Å². The molecule has 0 fully saturated rings. The second-order valence-corrected chi connectivity index (χ2v) is 3.63. The average Bonchev–Trinajstić information content (AvgIpc) is 2.69. The number of nitrogens with zero attached hydrogens (tertiary/aromatic N) is 3. The van der Waals surface area contributed by atoms with E-state index in [4.69, 9.17) is 16.7 Å². The van der Waals surface area contributed by atoms with Gasteiger partial charge in [-0.1, -0.05) is 28.9 Å². The van der Waals surface area contributed by atoms with E-state index in [1.807, 2.05) is 24.3 Å². The number of aliphatic hydroxyl groups is 1. The highest BCUT2D eigenvalue weighted by Gasteiger charge is 1.99. The van der Waals surface area contributed by atoms with E-state index >= 15 is 0 Å². The summed E-state index contributed by atoms with van der Waals surface area (Å²) in [6.45, 7) is 0.546. The van der Waals surface area contributed by atoms with Crippen LogP contribution >= 0.6 is 11.6 Å². The molecular weight excluding hydrogens is 214 g/mol. The number of rotatable bonds is 3. The third kappa shape index (κ3) is 2.55. The molecule has 2 rings (SSSR count). The SMILES string of the molecule is OCc1cn(Cc2ccc(Cl)cc2)nn1. The molecule has 0 spiro atoms. The minimum absolute atomic E-state index is 0.0827. The topological polar surface area (TPSA) is 50.9 Å². The zero-order valence-electron chi connectivity index (χ0n) is 7.97. The Kier molecular flexibility index (Phi) is 2.99. The Bertz CT molecular complexity index is 438. The molecule has 0 amide bonds. The van der Waals surface area contributed by atoms with Crippen molar-refractivity contribution in [3.63, 3.8) is 0 Å². The summed E-state index contributed by atoms with van der Waals surface area (Å²) in [7, 11) is 0. The molecule has 1 aromatic heterocycles. The fraction of sp³-hybridized carbons (Fsp3) is 0.200. The van der Waals surface area contributed by atoms with Gasteiger partial charge in [-0.15, -0.1) is 5.10 Å². The summed E-state index contributed by atoms with van der Waals surface area (Å²) in [5.41, 5.74) is 1.66. The van der Waals surface area contributed by atoms with E-state index in [9.17, 15) is 0 Å². The smallest absolute Gasteiger partial charge is 0.108 e. The van der Waals surface area contributed by atoms with Crippen molar-refractivity contribution < 1.29 is 5.11 Å². The van der Waals surface area contributed by atoms with Crippen molar-refractivity contribution in [2.45, 2.75) is 13.2 Å². The molecule has 0 bridgehead atoms. The summed E-state index contributed by atoms with van der Waals surface area (Å²) in [4.78, 5) is 0. The molecule has 0 aliphatic carbocycles. The van der Waals surface area contributed by atoms with Gasteiger partial charge in [-0.25, -0.2) is 4.68 Å². The minimum atomic E-state index is -0.0827. The van der Waals surface area contributed by atoms with Gasteiger partial charge in [0.15, 0.2) is 0 Å². The fourth-order valence-electron chi connectivity index (χ4n) is 1.27. The molecule has 78 valence electrons. The molecule has 0 unspecified atom stereocenters. The Hall–Kier alpha value is -1.39. The van der Waals surface area contributed by atoms with Crippen molar-refractivity contribution >= 4 is 11.6 Å². The lowest BCUT2D eigenvalue weighted by Crippen LogP contribution is -1.99. The predicted molar refractivity (Wildman–Crippen MR) is 56.5 cm³/mol. The van der Waals surface area contributed by atoms with Crippen molar-refractivity contribution in [2.24, 2.45) is 0 Å². The van der Waals surface area contributed by atoms with E-state index in [1.165, 1.54) is 0 Å². The lowest BCUT2D eigenvalue weighted by atomic mass is 10.2. The number of hydrogen-bond acceptors (Lipinski definition) is 3. The third-order valence-electron chi connectivity index (χ3n) is 2.01. The Morgan fingerprint density at radius 1 is 1.27 bits per heavy atom. The number of aliphatic hydroxyl groups excluding tert-OH is 1. The molecule has 0 aliphatic rings. The van der Waals surface area contributed by atoms with Crippen molar-refractivity contribution in [3.05, 3.63) is 46.7 Å². The number of hydrogen-bond donors (Lipinski definition) is 1. The van der Waals surface area contributed by atoms with E-state index in [-0.39, 0.29) is 6.61 Å². The molecule has 1 N–H and O–H groups in total. The number of benzene rings is 1. The third-order valence-corrected chi connectivity index (χ3v) is 2.26. The highest BCUT2D eigenvalue weighted by atomic mass is 35.5. The monoisotopic (exact) mass is 223 g/mol. The Labute approximate surface area is 92.1 Å². The zero-order chi connectivity index (χ0) is 10.7. The van der Waals surface area contributed by atoms with E-state index in [2.05, 4.69) is 10.3 Å². The van der Waals surface area contributed by atoms with Crippen LogP contribution in [0.2, 0.25) is 5.02 Å². The van der Waals surface area contributed by atoms with Gasteiger partial charge in [-0.2, -0.15) is 0 Å². The Morgan fingerprint density at radius 3 is 2.60 bits per heavy atom. The summed E-state index contributed by atoms with van der Waals surface area (Å²) < 4.78 is 1.68. The standard InChI is InChI=1S/C10H10ClN3O/c11-9-3-1-8(2-4-9)5-14-6-10(7-15)12-13-14/h1-4,6,15H,5,7H2. The summed E-state index contributed by atoms with van der Waals surface area (Å²) in [6, 6.07) is 7.53. The largest absolute Gasteiger partial charge is 0.390 e. The van der Waals surface area contributed by atoms with E-state index in [0.717, 1.165) is 5.56 Å². The molecule has 1 heterocycles. The van der Waals surface area contributed by atoms with E-state index in [1.54, 1.807) is 10.9 Å². The van der Waals surface area contributed by atoms with Crippen LogP contribution < -0.4 is 0 Å². The van der Waals surface area contributed by atoms with Gasteiger partial charge in [-0.3, -0.25) is 0 Å². The van der Waals surface area contributed by atoms with Crippen LogP contribution in [-0.4, -0.2) is 20.1 Å². The normalized spacial score (nSPS) is 10.5. The highest BCUT2D eigenvalue weighted by Crippen LogP contribution is 2.10. The van der Waals surface area contributed by atoms with Crippen LogP contribution in [0.25, 0.3) is 0 Å². The number of halogens is 1. The first-order chi connectivity index (χ1) is 7.28. The predicted octanol–water partition coefficient (Wildman–Crippen LogP) is 1.47. The molecular formula is C10H10ClN3O. The molecule has 0 radical (unpaired) electrons. The highest BCUT2D eigenvalue weighted by molar-refractivity contribution is 6.30. The second kappa shape index (κ2) is 4.42. The quantitative estimate of drug-likeness (QED) is 0.858. The number of aromatic nitrogens is 3. The summed E-state index contributed by atoms with van der Waals surface area (Å²) in [5.74, 6) is 0. The first-order valence-corrected chi connectivity index (χ1v) is 4.90. The van der Waals surface area contributed by atoms with Crippen molar-refractivity contribution in [2.75, 3.05) is 0 Å². The van der Waals surface area contributed by atoms with Crippen LogP contribution in [-0.2, 0) is 13.2 Å². The molecule has 0 saturated carbocycles. The molecule has 0 saturated heterocycles. The summed E-state index contributed by atoms with van der Waals surface area (Å²) in [6.07, 6.45) is 1.72. The van der Waals surface area contributed by atoms with Gasteiger partial charge >= 0.3 is 0 Å². The van der Waals surface area contributed by atoms with Gasteiger partial charge in [0, 0.05) is 5.02 Å². The van der Waals surface area contributed by atoms with Gasteiger partial charge in [0.1, 0.15) is 5.69 Å². The first-order valence-electron chi connectivity index (χ1n) is 4.52. The van der Waals surface area contributed by atoms with E-state index < -0.39 is 0 Å². The second-order valence-electron chi connectivity index (χ2n) is 3.19. The molecule has 2 aromatic rings. The molecule has 15 heavy (non-hydrogen) atoms. The Balaban J connectivity index is 2.11. The van der Waals surface area contributed by atoms with Gasteiger partial charge < -0.3 is 5.11 Å². The van der Waals surface area contributed by atoms with Crippen LogP contribution in [0.1, 0.15) is 11.3 Å². The maximum atomic E-state index is 8.82. The lowest BCUT2D eigenvalue weighted by molar-refractivity contribution is 0.276. The first kappa shape index (κ1) is 10.1. The minimum Gasteiger partial charge on any atom is -0.390 e. The lowest BCUT2D eigenvalue weighted by Gasteiger charge is -2.00. The van der Waals surface area contributed by atoms with Crippen LogP contribution in [0, 0.1) is 0 Å². The van der Waals surface area contributed by atoms with Crippen molar-refractivity contribution in [1.82, 2.24) is 15.0 Å². The molecule has 0 aliphatic heterocycles. The van der Waals surface area contributed by atoms with Crippen molar-refractivity contribution in [3.8, 4) is 0 Å². The Morgan fingerprint density at radius 2 is 2.00 bits per heavy atom. The molecule has 5 heteroatoms. The van der Waals surface area contributed by atoms with Gasteiger partial charge in [0.25, 0.3) is 0 Å². The van der Waals surface area contributed by atoms with Gasteiger partial charge in [-0.05, 0) is 17.7 Å². The molecule has 1 aromatic carbocycles. The average molecular weight is 224 g/mol.